The predicted molar refractivity (Wildman–Crippen MR) is 121 cm³/mol. The standard InChI is InChI=1S/C23H17ClN2O3S/c24-16-5-11-19(12-6-16)30-14-22(27)25-17-7-9-18(10-8-17)26-23(28)21-13-15-3-1-2-4-20(15)29-21/h1-13H,14H2,(H,25,27)(H,26,28). The third-order valence-corrected chi connectivity index (χ3v) is 5.52. The van der Waals surface area contributed by atoms with E-state index in [1.165, 1.54) is 11.8 Å². The second kappa shape index (κ2) is 9.07. The Labute approximate surface area is 182 Å². The second-order valence-electron chi connectivity index (χ2n) is 6.47. The van der Waals surface area contributed by atoms with Gasteiger partial charge in [-0.15, -0.1) is 11.8 Å². The molecule has 0 aliphatic rings. The molecular formula is C23H17ClN2O3S. The molecule has 1 heterocycles. The van der Waals surface area contributed by atoms with Crippen LogP contribution in [-0.4, -0.2) is 17.6 Å². The number of hydrogen-bond acceptors (Lipinski definition) is 4. The number of benzene rings is 3. The van der Waals surface area contributed by atoms with Gasteiger partial charge in [0.1, 0.15) is 5.58 Å². The third-order valence-electron chi connectivity index (χ3n) is 4.26. The van der Waals surface area contributed by atoms with Crippen molar-refractivity contribution in [3.8, 4) is 0 Å². The van der Waals surface area contributed by atoms with Gasteiger partial charge in [0.25, 0.3) is 5.91 Å². The molecule has 2 N–H and O–H groups in total. The summed E-state index contributed by atoms with van der Waals surface area (Å²) in [5.41, 5.74) is 1.92. The maximum atomic E-state index is 12.4. The van der Waals surface area contributed by atoms with Gasteiger partial charge in [-0.3, -0.25) is 9.59 Å². The maximum absolute atomic E-state index is 12.4. The first kappa shape index (κ1) is 20.1. The number of carbonyl (C=O) groups is 2. The molecule has 3 aromatic carbocycles. The Morgan fingerprint density at radius 2 is 1.53 bits per heavy atom. The van der Waals surface area contributed by atoms with Crippen LogP contribution in [0.1, 0.15) is 10.6 Å². The first-order valence-electron chi connectivity index (χ1n) is 9.15. The molecule has 4 rings (SSSR count). The van der Waals surface area contributed by atoms with Crippen LogP contribution in [-0.2, 0) is 4.79 Å². The highest BCUT2D eigenvalue weighted by atomic mass is 35.5. The molecule has 0 bridgehead atoms. The van der Waals surface area contributed by atoms with Crippen molar-refractivity contribution < 1.29 is 14.0 Å². The van der Waals surface area contributed by atoms with Gasteiger partial charge in [-0.05, 0) is 60.7 Å². The molecule has 5 nitrogen and oxygen atoms in total. The van der Waals surface area contributed by atoms with E-state index in [9.17, 15) is 9.59 Å². The van der Waals surface area contributed by atoms with Crippen LogP contribution in [0.4, 0.5) is 11.4 Å². The van der Waals surface area contributed by atoms with Gasteiger partial charge < -0.3 is 15.1 Å². The van der Waals surface area contributed by atoms with Crippen molar-refractivity contribution in [2.45, 2.75) is 4.90 Å². The predicted octanol–water partition coefficient (Wildman–Crippen LogP) is 6.07. The average molecular weight is 437 g/mol. The lowest BCUT2D eigenvalue weighted by atomic mass is 10.2. The molecule has 0 aliphatic heterocycles. The number of fused-ring (bicyclic) bond motifs is 1. The monoisotopic (exact) mass is 436 g/mol. The van der Waals surface area contributed by atoms with E-state index in [-0.39, 0.29) is 23.3 Å². The summed E-state index contributed by atoms with van der Waals surface area (Å²) in [4.78, 5) is 25.5. The number of hydrogen-bond donors (Lipinski definition) is 2. The molecule has 0 unspecified atom stereocenters. The van der Waals surface area contributed by atoms with Crippen molar-refractivity contribution in [1.82, 2.24) is 0 Å². The van der Waals surface area contributed by atoms with E-state index in [0.29, 0.717) is 22.0 Å². The summed E-state index contributed by atoms with van der Waals surface area (Å²) in [6.45, 7) is 0. The number of thioether (sulfide) groups is 1. The fourth-order valence-corrected chi connectivity index (χ4v) is 3.62. The van der Waals surface area contributed by atoms with E-state index < -0.39 is 0 Å². The highest BCUT2D eigenvalue weighted by molar-refractivity contribution is 8.00. The fraction of sp³-hybridized carbons (Fsp3) is 0.0435. The van der Waals surface area contributed by atoms with Crippen molar-refractivity contribution in [2.24, 2.45) is 0 Å². The summed E-state index contributed by atoms with van der Waals surface area (Å²) in [5.74, 6) is 0.0794. The fourth-order valence-electron chi connectivity index (χ4n) is 2.80. The van der Waals surface area contributed by atoms with Gasteiger partial charge in [0.15, 0.2) is 5.76 Å². The van der Waals surface area contributed by atoms with E-state index in [1.54, 1.807) is 42.5 Å². The van der Waals surface area contributed by atoms with Crippen molar-refractivity contribution in [1.29, 1.82) is 0 Å². The lowest BCUT2D eigenvalue weighted by Crippen LogP contribution is -2.14. The Kier molecular flexibility index (Phi) is 6.07. The molecule has 2 amide bonds. The Hall–Kier alpha value is -3.22. The minimum Gasteiger partial charge on any atom is -0.451 e. The lowest BCUT2D eigenvalue weighted by molar-refractivity contribution is -0.113. The van der Waals surface area contributed by atoms with Crippen LogP contribution >= 0.6 is 23.4 Å². The Balaban J connectivity index is 1.31. The topological polar surface area (TPSA) is 71.3 Å². The molecule has 0 saturated heterocycles. The zero-order chi connectivity index (χ0) is 20.9. The van der Waals surface area contributed by atoms with Gasteiger partial charge in [-0.1, -0.05) is 29.8 Å². The van der Waals surface area contributed by atoms with E-state index in [0.717, 1.165) is 10.3 Å². The Morgan fingerprint density at radius 1 is 0.867 bits per heavy atom. The highest BCUT2D eigenvalue weighted by Crippen LogP contribution is 2.22. The van der Waals surface area contributed by atoms with E-state index >= 15 is 0 Å². The van der Waals surface area contributed by atoms with Gasteiger partial charge >= 0.3 is 0 Å². The number of rotatable bonds is 6. The van der Waals surface area contributed by atoms with Crippen LogP contribution < -0.4 is 10.6 Å². The molecule has 150 valence electrons. The number of amides is 2. The summed E-state index contributed by atoms with van der Waals surface area (Å²) in [7, 11) is 0. The molecule has 0 spiro atoms. The molecule has 1 aromatic heterocycles. The molecule has 0 fully saturated rings. The van der Waals surface area contributed by atoms with Crippen molar-refractivity contribution in [3.63, 3.8) is 0 Å². The SMILES string of the molecule is O=C(CSc1ccc(Cl)cc1)Nc1ccc(NC(=O)c2cc3ccccc3o2)cc1. The summed E-state index contributed by atoms with van der Waals surface area (Å²) in [6, 6.07) is 23.4. The Morgan fingerprint density at radius 3 is 2.23 bits per heavy atom. The molecule has 7 heteroatoms. The lowest BCUT2D eigenvalue weighted by Gasteiger charge is -2.07. The normalized spacial score (nSPS) is 10.7. The van der Waals surface area contributed by atoms with Crippen LogP contribution in [0.25, 0.3) is 11.0 Å². The third kappa shape index (κ3) is 5.03. The van der Waals surface area contributed by atoms with Crippen molar-refractivity contribution in [3.05, 3.63) is 89.6 Å². The minimum atomic E-state index is -0.331. The van der Waals surface area contributed by atoms with Gasteiger partial charge in [0, 0.05) is 26.7 Å². The molecule has 30 heavy (non-hydrogen) atoms. The number of furan rings is 1. The zero-order valence-electron chi connectivity index (χ0n) is 15.7. The van der Waals surface area contributed by atoms with Gasteiger partial charge in [-0.25, -0.2) is 0 Å². The quantitative estimate of drug-likeness (QED) is 0.360. The van der Waals surface area contributed by atoms with Crippen LogP contribution in [0, 0.1) is 0 Å². The summed E-state index contributed by atoms with van der Waals surface area (Å²) in [5, 5.41) is 7.16. The summed E-state index contributed by atoms with van der Waals surface area (Å²) >= 11 is 7.29. The smallest absolute Gasteiger partial charge is 0.291 e. The zero-order valence-corrected chi connectivity index (χ0v) is 17.3. The van der Waals surface area contributed by atoms with E-state index in [1.807, 2.05) is 36.4 Å². The number of halogens is 1. The van der Waals surface area contributed by atoms with Gasteiger partial charge in [0.05, 0.1) is 5.75 Å². The maximum Gasteiger partial charge on any atom is 0.291 e. The van der Waals surface area contributed by atoms with E-state index in [2.05, 4.69) is 10.6 Å². The minimum absolute atomic E-state index is 0.117. The number of carbonyl (C=O) groups excluding carboxylic acids is 2. The number of para-hydroxylation sites is 1. The largest absolute Gasteiger partial charge is 0.451 e. The van der Waals surface area contributed by atoms with Gasteiger partial charge in [-0.2, -0.15) is 0 Å². The number of anilines is 2. The first-order valence-corrected chi connectivity index (χ1v) is 10.5. The molecule has 0 saturated carbocycles. The summed E-state index contributed by atoms with van der Waals surface area (Å²) < 4.78 is 5.57. The molecule has 0 radical (unpaired) electrons. The van der Waals surface area contributed by atoms with Crippen LogP contribution in [0.15, 0.2) is 88.2 Å². The molecular weight excluding hydrogens is 420 g/mol. The van der Waals surface area contributed by atoms with E-state index in [4.69, 9.17) is 16.0 Å². The van der Waals surface area contributed by atoms with Crippen LogP contribution in [0.5, 0.6) is 0 Å². The summed E-state index contributed by atoms with van der Waals surface area (Å²) in [6.07, 6.45) is 0. The first-order chi connectivity index (χ1) is 14.6. The van der Waals surface area contributed by atoms with Crippen molar-refractivity contribution >= 4 is 57.5 Å². The Bertz CT molecular complexity index is 1150. The second-order valence-corrected chi connectivity index (χ2v) is 7.96. The molecule has 0 aliphatic carbocycles. The molecule has 0 atom stereocenters. The van der Waals surface area contributed by atoms with Crippen LogP contribution in [0.2, 0.25) is 5.02 Å². The molecule has 4 aromatic rings. The van der Waals surface area contributed by atoms with Gasteiger partial charge in [0.2, 0.25) is 5.91 Å². The highest BCUT2D eigenvalue weighted by Gasteiger charge is 2.12. The van der Waals surface area contributed by atoms with Crippen LogP contribution in [0.3, 0.4) is 0 Å². The number of nitrogens with one attached hydrogen (secondary N) is 2. The van der Waals surface area contributed by atoms with Crippen molar-refractivity contribution in [2.75, 3.05) is 16.4 Å². The average Bonchev–Trinajstić information content (AvgIpc) is 3.19.